The minimum absolute atomic E-state index is 0.471. The molecule has 1 rings (SSSR count). The van der Waals surface area contributed by atoms with Crippen molar-refractivity contribution >= 4 is 0 Å². The van der Waals surface area contributed by atoms with Gasteiger partial charge in [-0.05, 0) is 37.5 Å². The maximum Gasteiger partial charge on any atom is 0.0836 e. The van der Waals surface area contributed by atoms with E-state index in [9.17, 15) is 4.91 Å². The number of nitroso groups, excluding NO2 is 1. The highest BCUT2D eigenvalue weighted by molar-refractivity contribution is 4.90. The van der Waals surface area contributed by atoms with Gasteiger partial charge in [-0.2, -0.15) is 4.91 Å². The minimum atomic E-state index is 0.471. The van der Waals surface area contributed by atoms with Crippen LogP contribution < -0.4 is 0 Å². The molecular weight excluding hydrogens is 150 g/mol. The topological polar surface area (TPSA) is 29.4 Å². The Morgan fingerprint density at radius 1 is 1.58 bits per heavy atom. The van der Waals surface area contributed by atoms with Crippen LogP contribution in [0.15, 0.2) is 17.3 Å². The zero-order valence-electron chi connectivity index (χ0n) is 7.70. The van der Waals surface area contributed by atoms with Gasteiger partial charge < -0.3 is 0 Å². The molecule has 0 fully saturated rings. The Morgan fingerprint density at radius 3 is 3.00 bits per heavy atom. The van der Waals surface area contributed by atoms with Gasteiger partial charge >= 0.3 is 0 Å². The van der Waals surface area contributed by atoms with Crippen molar-refractivity contribution in [3.8, 4) is 0 Å². The number of rotatable bonds is 4. The third-order valence-electron chi connectivity index (χ3n) is 2.50. The highest BCUT2D eigenvalue weighted by Gasteiger charge is 2.13. The zero-order valence-corrected chi connectivity index (χ0v) is 7.70. The molecule has 0 N–H and O–H groups in total. The number of hydrogen-bond donors (Lipinski definition) is 0. The van der Waals surface area contributed by atoms with Gasteiger partial charge in [0.2, 0.25) is 0 Å². The molecule has 1 aliphatic carbocycles. The average molecular weight is 167 g/mol. The number of nitrogens with zero attached hydrogens (tertiary/aromatic N) is 1. The summed E-state index contributed by atoms with van der Waals surface area (Å²) in [6, 6.07) is 0. The van der Waals surface area contributed by atoms with E-state index in [0.717, 1.165) is 12.3 Å². The third-order valence-corrected chi connectivity index (χ3v) is 2.50. The fourth-order valence-corrected chi connectivity index (χ4v) is 1.84. The first kappa shape index (κ1) is 9.43. The van der Waals surface area contributed by atoms with Gasteiger partial charge in [0.1, 0.15) is 0 Å². The molecule has 1 aliphatic rings. The summed E-state index contributed by atoms with van der Waals surface area (Å²) >= 11 is 0. The van der Waals surface area contributed by atoms with E-state index in [1.54, 1.807) is 0 Å². The fourth-order valence-electron chi connectivity index (χ4n) is 1.84. The van der Waals surface area contributed by atoms with E-state index in [1.165, 1.54) is 19.3 Å². The Kier molecular flexibility index (Phi) is 3.98. The molecule has 0 saturated heterocycles. The van der Waals surface area contributed by atoms with Crippen molar-refractivity contribution in [2.24, 2.45) is 17.0 Å². The van der Waals surface area contributed by atoms with Crippen molar-refractivity contribution in [1.29, 1.82) is 0 Å². The lowest BCUT2D eigenvalue weighted by molar-refractivity contribution is 0.370. The molecule has 2 atom stereocenters. The summed E-state index contributed by atoms with van der Waals surface area (Å²) in [6.45, 7) is 2.60. The van der Waals surface area contributed by atoms with Crippen molar-refractivity contribution in [3.63, 3.8) is 0 Å². The SMILES string of the molecule is C[C@H](CN=O)C[C@@H]1CC=CCC1. The molecule has 0 aromatic carbocycles. The van der Waals surface area contributed by atoms with Gasteiger partial charge in [0.15, 0.2) is 0 Å². The second-order valence-corrected chi connectivity index (χ2v) is 3.80. The monoisotopic (exact) mass is 167 g/mol. The molecule has 0 aromatic rings. The van der Waals surface area contributed by atoms with Crippen LogP contribution in [-0.4, -0.2) is 6.54 Å². The van der Waals surface area contributed by atoms with Gasteiger partial charge in [-0.15, -0.1) is 0 Å². The Morgan fingerprint density at radius 2 is 2.42 bits per heavy atom. The van der Waals surface area contributed by atoms with E-state index in [-0.39, 0.29) is 0 Å². The normalized spacial score (nSPS) is 25.2. The van der Waals surface area contributed by atoms with Crippen LogP contribution in [0.4, 0.5) is 0 Å². The Balaban J connectivity index is 2.20. The average Bonchev–Trinajstić information content (AvgIpc) is 2.06. The van der Waals surface area contributed by atoms with E-state index >= 15 is 0 Å². The molecule has 0 radical (unpaired) electrons. The van der Waals surface area contributed by atoms with Crippen LogP contribution in [0.3, 0.4) is 0 Å². The Hall–Kier alpha value is -0.660. The molecule has 0 amide bonds. The summed E-state index contributed by atoms with van der Waals surface area (Å²) in [5, 5.41) is 2.93. The van der Waals surface area contributed by atoms with Crippen LogP contribution in [0.25, 0.3) is 0 Å². The number of hydrogen-bond acceptors (Lipinski definition) is 2. The van der Waals surface area contributed by atoms with Crippen molar-refractivity contribution in [3.05, 3.63) is 17.1 Å². The molecule has 12 heavy (non-hydrogen) atoms. The molecule has 0 aliphatic heterocycles. The van der Waals surface area contributed by atoms with Gasteiger partial charge in [-0.3, -0.25) is 0 Å². The van der Waals surface area contributed by atoms with Crippen molar-refractivity contribution < 1.29 is 0 Å². The van der Waals surface area contributed by atoms with Gasteiger partial charge in [0.25, 0.3) is 0 Å². The largest absolute Gasteiger partial charge is 0.151 e. The van der Waals surface area contributed by atoms with Crippen molar-refractivity contribution in [2.75, 3.05) is 6.54 Å². The van der Waals surface area contributed by atoms with E-state index in [0.29, 0.717) is 12.5 Å². The Bertz CT molecular complexity index is 165. The molecular formula is C10H17NO. The highest BCUT2D eigenvalue weighted by Crippen LogP contribution is 2.24. The fraction of sp³-hybridized carbons (Fsp3) is 0.800. The molecule has 0 bridgehead atoms. The van der Waals surface area contributed by atoms with Crippen LogP contribution in [0.5, 0.6) is 0 Å². The van der Waals surface area contributed by atoms with Crippen molar-refractivity contribution in [1.82, 2.24) is 0 Å². The summed E-state index contributed by atoms with van der Waals surface area (Å²) in [4.78, 5) is 9.99. The summed E-state index contributed by atoms with van der Waals surface area (Å²) in [5.41, 5.74) is 0. The maximum atomic E-state index is 9.99. The molecule has 2 nitrogen and oxygen atoms in total. The second-order valence-electron chi connectivity index (χ2n) is 3.80. The summed E-state index contributed by atoms with van der Waals surface area (Å²) in [7, 11) is 0. The van der Waals surface area contributed by atoms with Gasteiger partial charge in [-0.1, -0.05) is 24.3 Å². The molecule has 2 heteroatoms. The highest BCUT2D eigenvalue weighted by atomic mass is 16.3. The Labute approximate surface area is 74.0 Å². The van der Waals surface area contributed by atoms with Gasteiger partial charge in [-0.25, -0.2) is 0 Å². The smallest absolute Gasteiger partial charge is 0.0836 e. The lowest BCUT2D eigenvalue weighted by Crippen LogP contribution is -2.09. The van der Waals surface area contributed by atoms with Crippen LogP contribution in [0.1, 0.15) is 32.6 Å². The summed E-state index contributed by atoms with van der Waals surface area (Å²) < 4.78 is 0. The lowest BCUT2D eigenvalue weighted by Gasteiger charge is -2.19. The first-order valence-electron chi connectivity index (χ1n) is 4.77. The van der Waals surface area contributed by atoms with E-state index in [1.807, 2.05) is 0 Å². The first-order chi connectivity index (χ1) is 5.83. The van der Waals surface area contributed by atoms with Crippen LogP contribution in [0, 0.1) is 16.7 Å². The third kappa shape index (κ3) is 3.16. The van der Waals surface area contributed by atoms with E-state index < -0.39 is 0 Å². The molecule has 0 spiro atoms. The van der Waals surface area contributed by atoms with Gasteiger partial charge in [0.05, 0.1) is 6.54 Å². The number of allylic oxidation sites excluding steroid dienone is 2. The predicted molar refractivity (Wildman–Crippen MR) is 50.9 cm³/mol. The minimum Gasteiger partial charge on any atom is -0.151 e. The molecule has 0 aromatic heterocycles. The van der Waals surface area contributed by atoms with E-state index in [2.05, 4.69) is 24.3 Å². The summed E-state index contributed by atoms with van der Waals surface area (Å²) in [5.74, 6) is 1.27. The first-order valence-corrected chi connectivity index (χ1v) is 4.77. The standard InChI is InChI=1S/C10H17NO/c1-9(8-11-12)7-10-5-3-2-4-6-10/h2-3,9-10H,4-8H2,1H3/t9-,10+/m0/s1. The molecule has 0 saturated carbocycles. The van der Waals surface area contributed by atoms with Crippen LogP contribution >= 0.6 is 0 Å². The molecule has 0 unspecified atom stereocenters. The van der Waals surface area contributed by atoms with Crippen LogP contribution in [0.2, 0.25) is 0 Å². The van der Waals surface area contributed by atoms with Crippen LogP contribution in [-0.2, 0) is 0 Å². The lowest BCUT2D eigenvalue weighted by atomic mass is 9.86. The van der Waals surface area contributed by atoms with Gasteiger partial charge in [0, 0.05) is 0 Å². The van der Waals surface area contributed by atoms with E-state index in [4.69, 9.17) is 0 Å². The quantitative estimate of drug-likeness (QED) is 0.467. The molecule has 68 valence electrons. The zero-order chi connectivity index (χ0) is 8.81. The second kappa shape index (κ2) is 5.07. The predicted octanol–water partition coefficient (Wildman–Crippen LogP) is 3.14. The maximum absolute atomic E-state index is 9.99. The molecule has 0 heterocycles. The van der Waals surface area contributed by atoms with Crippen molar-refractivity contribution in [2.45, 2.75) is 32.6 Å². The summed E-state index contributed by atoms with van der Waals surface area (Å²) in [6.07, 6.45) is 9.37.